The summed E-state index contributed by atoms with van der Waals surface area (Å²) >= 11 is 0. The van der Waals surface area contributed by atoms with E-state index in [1.54, 1.807) is 25.3 Å². The number of hydrogen-bond donors (Lipinski definition) is 2. The van der Waals surface area contributed by atoms with Gasteiger partial charge in [-0.25, -0.2) is 4.39 Å². The van der Waals surface area contributed by atoms with Crippen LogP contribution in [0.4, 0.5) is 10.1 Å². The fourth-order valence-electron chi connectivity index (χ4n) is 2.70. The summed E-state index contributed by atoms with van der Waals surface area (Å²) < 4.78 is 13.0. The van der Waals surface area contributed by atoms with Crippen molar-refractivity contribution >= 4 is 41.5 Å². The third kappa shape index (κ3) is 6.81. The Labute approximate surface area is 171 Å². The lowest BCUT2D eigenvalue weighted by molar-refractivity contribution is -0.131. The largest absolute Gasteiger partial charge is 0.368 e. The van der Waals surface area contributed by atoms with Crippen LogP contribution in [0.3, 0.4) is 0 Å². The minimum atomic E-state index is -0.234. The Balaban J connectivity index is 0.00000338. The summed E-state index contributed by atoms with van der Waals surface area (Å²) in [5.41, 5.74) is 0.993. The normalized spacial score (nSPS) is 14.5. The second kappa shape index (κ2) is 11.7. The highest BCUT2D eigenvalue weighted by Gasteiger charge is 2.21. The molecule has 144 valence electrons. The summed E-state index contributed by atoms with van der Waals surface area (Å²) in [4.78, 5) is 20.4. The SMILES string of the molecule is C=CCNC(=NC)NCCC(=O)N1CCN(c2ccc(F)cc2)CC1.I. The summed E-state index contributed by atoms with van der Waals surface area (Å²) in [6, 6.07) is 6.48. The van der Waals surface area contributed by atoms with E-state index in [4.69, 9.17) is 0 Å². The summed E-state index contributed by atoms with van der Waals surface area (Å²) in [5.74, 6) is 0.557. The van der Waals surface area contributed by atoms with E-state index in [0.29, 0.717) is 38.6 Å². The predicted molar refractivity (Wildman–Crippen MR) is 115 cm³/mol. The molecule has 1 heterocycles. The van der Waals surface area contributed by atoms with E-state index in [1.165, 1.54) is 12.1 Å². The first kappa shape index (κ1) is 22.2. The van der Waals surface area contributed by atoms with E-state index in [2.05, 4.69) is 27.1 Å². The fourth-order valence-corrected chi connectivity index (χ4v) is 2.70. The smallest absolute Gasteiger partial charge is 0.224 e. The monoisotopic (exact) mass is 475 g/mol. The van der Waals surface area contributed by atoms with Gasteiger partial charge in [-0.05, 0) is 24.3 Å². The fraction of sp³-hybridized carbons (Fsp3) is 0.444. The van der Waals surface area contributed by atoms with Crippen molar-refractivity contribution in [2.75, 3.05) is 51.2 Å². The van der Waals surface area contributed by atoms with Crippen molar-refractivity contribution in [1.82, 2.24) is 15.5 Å². The molecule has 1 aromatic carbocycles. The van der Waals surface area contributed by atoms with E-state index in [1.807, 2.05) is 4.90 Å². The molecule has 1 saturated heterocycles. The molecule has 0 spiro atoms. The van der Waals surface area contributed by atoms with Gasteiger partial charge in [-0.1, -0.05) is 6.08 Å². The molecule has 1 amide bonds. The van der Waals surface area contributed by atoms with E-state index in [0.717, 1.165) is 18.8 Å². The minimum Gasteiger partial charge on any atom is -0.368 e. The first-order valence-corrected chi connectivity index (χ1v) is 8.47. The van der Waals surface area contributed by atoms with Crippen LogP contribution in [0.2, 0.25) is 0 Å². The highest BCUT2D eigenvalue weighted by molar-refractivity contribution is 14.0. The van der Waals surface area contributed by atoms with Crippen molar-refractivity contribution in [3.8, 4) is 0 Å². The number of guanidine groups is 1. The van der Waals surface area contributed by atoms with Crippen molar-refractivity contribution < 1.29 is 9.18 Å². The Morgan fingerprint density at radius 3 is 2.46 bits per heavy atom. The van der Waals surface area contributed by atoms with Gasteiger partial charge in [0.25, 0.3) is 0 Å². The summed E-state index contributed by atoms with van der Waals surface area (Å²) in [7, 11) is 1.69. The van der Waals surface area contributed by atoms with E-state index < -0.39 is 0 Å². The number of nitrogens with one attached hydrogen (secondary N) is 2. The van der Waals surface area contributed by atoms with Crippen molar-refractivity contribution in [1.29, 1.82) is 0 Å². The Bertz CT molecular complexity index is 600. The van der Waals surface area contributed by atoms with Crippen molar-refractivity contribution in [2.24, 2.45) is 4.99 Å². The predicted octanol–water partition coefficient (Wildman–Crippen LogP) is 1.83. The first-order chi connectivity index (χ1) is 12.1. The number of aliphatic imine (C=N–C) groups is 1. The number of hydrogen-bond acceptors (Lipinski definition) is 3. The molecule has 0 bridgehead atoms. The average Bonchev–Trinajstić information content (AvgIpc) is 2.65. The van der Waals surface area contributed by atoms with Gasteiger partial charge in [-0.3, -0.25) is 9.79 Å². The summed E-state index contributed by atoms with van der Waals surface area (Å²) in [6.45, 7) is 7.67. The Hall–Kier alpha value is -1.84. The second-order valence-corrected chi connectivity index (χ2v) is 5.76. The Kier molecular flexibility index (Phi) is 10.0. The van der Waals surface area contributed by atoms with Crippen LogP contribution in [-0.2, 0) is 4.79 Å². The van der Waals surface area contributed by atoms with Crippen LogP contribution in [0.15, 0.2) is 41.9 Å². The van der Waals surface area contributed by atoms with E-state index in [-0.39, 0.29) is 35.7 Å². The Morgan fingerprint density at radius 1 is 1.23 bits per heavy atom. The molecule has 0 unspecified atom stereocenters. The zero-order valence-electron chi connectivity index (χ0n) is 15.1. The number of carbonyl (C=O) groups excluding carboxylic acids is 1. The maximum Gasteiger partial charge on any atom is 0.224 e. The number of piperazine rings is 1. The number of anilines is 1. The van der Waals surface area contributed by atoms with Crippen LogP contribution in [0, 0.1) is 5.82 Å². The van der Waals surface area contributed by atoms with Crippen LogP contribution >= 0.6 is 24.0 Å². The van der Waals surface area contributed by atoms with Gasteiger partial charge in [0.2, 0.25) is 5.91 Å². The third-order valence-electron chi connectivity index (χ3n) is 4.09. The van der Waals surface area contributed by atoms with Crippen LogP contribution in [0.5, 0.6) is 0 Å². The van der Waals surface area contributed by atoms with Gasteiger partial charge in [-0.2, -0.15) is 0 Å². The molecule has 6 nitrogen and oxygen atoms in total. The van der Waals surface area contributed by atoms with Crippen LogP contribution < -0.4 is 15.5 Å². The highest BCUT2D eigenvalue weighted by Crippen LogP contribution is 2.17. The minimum absolute atomic E-state index is 0. The topological polar surface area (TPSA) is 60.0 Å². The molecular weight excluding hydrogens is 448 g/mol. The van der Waals surface area contributed by atoms with Crippen molar-refractivity contribution in [2.45, 2.75) is 6.42 Å². The molecule has 2 rings (SSSR count). The number of nitrogens with zero attached hydrogens (tertiary/aromatic N) is 3. The molecule has 0 saturated carbocycles. The van der Waals surface area contributed by atoms with Gasteiger partial charge in [-0.15, -0.1) is 30.6 Å². The van der Waals surface area contributed by atoms with E-state index >= 15 is 0 Å². The lowest BCUT2D eigenvalue weighted by atomic mass is 10.2. The molecule has 0 radical (unpaired) electrons. The summed E-state index contributed by atoms with van der Waals surface area (Å²) in [5, 5.41) is 6.17. The van der Waals surface area contributed by atoms with Crippen molar-refractivity contribution in [3.63, 3.8) is 0 Å². The van der Waals surface area contributed by atoms with Gasteiger partial charge in [0, 0.05) is 58.4 Å². The van der Waals surface area contributed by atoms with Crippen LogP contribution in [-0.4, -0.2) is 63.1 Å². The maximum absolute atomic E-state index is 13.0. The quantitative estimate of drug-likeness (QED) is 0.286. The molecule has 1 fully saturated rings. The van der Waals surface area contributed by atoms with Gasteiger partial charge in [0.15, 0.2) is 5.96 Å². The highest BCUT2D eigenvalue weighted by atomic mass is 127. The molecule has 0 aliphatic carbocycles. The maximum atomic E-state index is 13.0. The molecule has 0 atom stereocenters. The number of carbonyl (C=O) groups is 1. The number of halogens is 2. The number of benzene rings is 1. The molecule has 1 aliphatic heterocycles. The zero-order valence-corrected chi connectivity index (χ0v) is 17.4. The number of rotatable bonds is 6. The number of amides is 1. The molecule has 2 N–H and O–H groups in total. The molecule has 1 aliphatic rings. The average molecular weight is 475 g/mol. The molecule has 26 heavy (non-hydrogen) atoms. The first-order valence-electron chi connectivity index (χ1n) is 8.47. The standard InChI is InChI=1S/C18H26FN5O.HI/c1-3-9-21-18(20-2)22-10-8-17(25)24-13-11-23(12-14-24)16-6-4-15(19)5-7-16;/h3-7H,1,8-14H2,2H3,(H2,20,21,22);1H. The van der Waals surface area contributed by atoms with E-state index in [9.17, 15) is 9.18 Å². The van der Waals surface area contributed by atoms with Gasteiger partial charge < -0.3 is 20.4 Å². The molecular formula is C18H27FIN5O. The molecule has 8 heteroatoms. The second-order valence-electron chi connectivity index (χ2n) is 5.76. The molecule has 1 aromatic rings. The van der Waals surface area contributed by atoms with Gasteiger partial charge in [0.1, 0.15) is 5.82 Å². The zero-order chi connectivity index (χ0) is 18.1. The summed E-state index contributed by atoms with van der Waals surface area (Å²) in [6.07, 6.45) is 2.17. The lowest BCUT2D eigenvalue weighted by Gasteiger charge is -2.36. The lowest BCUT2D eigenvalue weighted by Crippen LogP contribution is -2.49. The third-order valence-corrected chi connectivity index (χ3v) is 4.09. The van der Waals surface area contributed by atoms with Crippen molar-refractivity contribution in [3.05, 3.63) is 42.7 Å². The van der Waals surface area contributed by atoms with Gasteiger partial charge >= 0.3 is 0 Å². The van der Waals surface area contributed by atoms with Crippen LogP contribution in [0.25, 0.3) is 0 Å². The van der Waals surface area contributed by atoms with Crippen LogP contribution in [0.1, 0.15) is 6.42 Å². The Morgan fingerprint density at radius 2 is 1.88 bits per heavy atom. The molecule has 0 aromatic heterocycles. The van der Waals surface area contributed by atoms with Gasteiger partial charge in [0.05, 0.1) is 0 Å².